The Bertz CT molecular complexity index is 92.9. The third-order valence-electron chi connectivity index (χ3n) is 2.76. The van der Waals surface area contributed by atoms with Crippen LogP contribution in [0.5, 0.6) is 0 Å². The van der Waals surface area contributed by atoms with Crippen LogP contribution in [0.3, 0.4) is 0 Å². The van der Waals surface area contributed by atoms with Crippen molar-refractivity contribution in [3.8, 4) is 0 Å². The molecule has 2 atom stereocenters. The summed E-state index contributed by atoms with van der Waals surface area (Å²) in [5.74, 6) is 2.48. The van der Waals surface area contributed by atoms with E-state index in [2.05, 4.69) is 20.8 Å². The maximum atomic E-state index is 5.33. The molecule has 60 valence electrons. The van der Waals surface area contributed by atoms with Gasteiger partial charge in [-0.3, -0.25) is 0 Å². The summed E-state index contributed by atoms with van der Waals surface area (Å²) in [6.07, 6.45) is 1.28. The van der Waals surface area contributed by atoms with Gasteiger partial charge in [-0.25, -0.2) is 0 Å². The van der Waals surface area contributed by atoms with Crippen molar-refractivity contribution in [2.45, 2.75) is 27.2 Å². The Balaban J connectivity index is 2.32. The van der Waals surface area contributed by atoms with E-state index in [1.165, 1.54) is 6.42 Å². The molecule has 1 aliphatic heterocycles. The predicted molar refractivity (Wildman–Crippen MR) is 42.9 cm³/mol. The molecule has 1 heterocycles. The Morgan fingerprint density at radius 1 is 1.30 bits per heavy atom. The van der Waals surface area contributed by atoms with Crippen LogP contribution in [-0.2, 0) is 4.74 Å². The van der Waals surface area contributed by atoms with Gasteiger partial charge in [0.1, 0.15) is 0 Å². The molecule has 1 heteroatoms. The van der Waals surface area contributed by atoms with Gasteiger partial charge >= 0.3 is 0 Å². The molecule has 1 fully saturated rings. The molecule has 0 aromatic carbocycles. The molecular formula is C9H18O. The van der Waals surface area contributed by atoms with E-state index in [-0.39, 0.29) is 0 Å². The van der Waals surface area contributed by atoms with Crippen LogP contribution in [0, 0.1) is 17.8 Å². The number of rotatable bonds is 2. The quantitative estimate of drug-likeness (QED) is 0.575. The molecular weight excluding hydrogens is 124 g/mol. The number of ether oxygens (including phenoxy) is 1. The van der Waals surface area contributed by atoms with Crippen LogP contribution in [0.1, 0.15) is 27.2 Å². The lowest BCUT2D eigenvalue weighted by molar-refractivity contribution is 0.164. The summed E-state index contributed by atoms with van der Waals surface area (Å²) in [6, 6.07) is 0. The summed E-state index contributed by atoms with van der Waals surface area (Å²) in [4.78, 5) is 0. The second-order valence-corrected chi connectivity index (χ2v) is 3.73. The SMILES string of the molecule is CC(C)C(C)[C@H]1CCOC1. The minimum Gasteiger partial charge on any atom is -0.381 e. The van der Waals surface area contributed by atoms with E-state index in [1.807, 2.05) is 0 Å². The van der Waals surface area contributed by atoms with Crippen LogP contribution >= 0.6 is 0 Å². The van der Waals surface area contributed by atoms with E-state index in [9.17, 15) is 0 Å². The van der Waals surface area contributed by atoms with E-state index >= 15 is 0 Å². The zero-order valence-corrected chi connectivity index (χ0v) is 7.26. The number of hydrogen-bond acceptors (Lipinski definition) is 1. The van der Waals surface area contributed by atoms with E-state index in [1.54, 1.807) is 0 Å². The average molecular weight is 142 g/mol. The monoisotopic (exact) mass is 142 g/mol. The maximum Gasteiger partial charge on any atom is 0.0497 e. The van der Waals surface area contributed by atoms with Crippen LogP contribution in [0.25, 0.3) is 0 Å². The fourth-order valence-electron chi connectivity index (χ4n) is 1.51. The Labute approximate surface area is 63.8 Å². The Kier molecular flexibility index (Phi) is 2.72. The molecule has 1 rings (SSSR count). The van der Waals surface area contributed by atoms with Gasteiger partial charge in [-0.15, -0.1) is 0 Å². The molecule has 0 aliphatic carbocycles. The third-order valence-corrected chi connectivity index (χ3v) is 2.76. The molecule has 0 amide bonds. The van der Waals surface area contributed by atoms with Crippen LogP contribution in [0.4, 0.5) is 0 Å². The normalized spacial score (nSPS) is 29.4. The molecule has 0 saturated carbocycles. The fourth-order valence-corrected chi connectivity index (χ4v) is 1.51. The lowest BCUT2D eigenvalue weighted by Crippen LogP contribution is -2.16. The Morgan fingerprint density at radius 3 is 2.40 bits per heavy atom. The highest BCUT2D eigenvalue weighted by Gasteiger charge is 2.23. The molecule has 1 saturated heterocycles. The van der Waals surface area contributed by atoms with E-state index in [4.69, 9.17) is 4.74 Å². The first-order chi connectivity index (χ1) is 4.72. The first-order valence-electron chi connectivity index (χ1n) is 4.29. The topological polar surface area (TPSA) is 9.23 Å². The second-order valence-electron chi connectivity index (χ2n) is 3.73. The Hall–Kier alpha value is -0.0400. The first kappa shape index (κ1) is 8.06. The lowest BCUT2D eigenvalue weighted by atomic mass is 9.85. The molecule has 1 unspecified atom stereocenters. The van der Waals surface area contributed by atoms with Gasteiger partial charge in [-0.1, -0.05) is 20.8 Å². The van der Waals surface area contributed by atoms with E-state index in [0.717, 1.165) is 31.0 Å². The molecule has 0 aromatic rings. The van der Waals surface area contributed by atoms with Crippen LogP contribution < -0.4 is 0 Å². The minimum absolute atomic E-state index is 0.812. The Morgan fingerprint density at radius 2 is 2.00 bits per heavy atom. The molecule has 1 nitrogen and oxygen atoms in total. The minimum atomic E-state index is 0.812. The van der Waals surface area contributed by atoms with Crippen molar-refractivity contribution >= 4 is 0 Å². The largest absolute Gasteiger partial charge is 0.381 e. The molecule has 0 aromatic heterocycles. The third kappa shape index (κ3) is 1.72. The summed E-state index contributed by atoms with van der Waals surface area (Å²) in [5, 5.41) is 0. The maximum absolute atomic E-state index is 5.33. The predicted octanol–water partition coefficient (Wildman–Crippen LogP) is 2.32. The van der Waals surface area contributed by atoms with Crippen molar-refractivity contribution in [2.24, 2.45) is 17.8 Å². The van der Waals surface area contributed by atoms with Crippen LogP contribution in [0.15, 0.2) is 0 Å². The van der Waals surface area contributed by atoms with Crippen molar-refractivity contribution in [2.75, 3.05) is 13.2 Å². The molecule has 0 spiro atoms. The standard InChI is InChI=1S/C9H18O/c1-7(2)8(3)9-4-5-10-6-9/h7-9H,4-6H2,1-3H3/t8?,9-/m0/s1. The van der Waals surface area contributed by atoms with E-state index < -0.39 is 0 Å². The van der Waals surface area contributed by atoms with Crippen molar-refractivity contribution in [1.29, 1.82) is 0 Å². The highest BCUT2D eigenvalue weighted by Crippen LogP contribution is 2.26. The molecule has 0 N–H and O–H groups in total. The van der Waals surface area contributed by atoms with Gasteiger partial charge in [-0.05, 0) is 24.2 Å². The molecule has 0 bridgehead atoms. The van der Waals surface area contributed by atoms with Gasteiger partial charge in [0.25, 0.3) is 0 Å². The van der Waals surface area contributed by atoms with Gasteiger partial charge in [0, 0.05) is 13.2 Å². The second kappa shape index (κ2) is 3.38. The zero-order valence-electron chi connectivity index (χ0n) is 7.26. The highest BCUT2D eigenvalue weighted by atomic mass is 16.5. The van der Waals surface area contributed by atoms with Gasteiger partial charge in [0.05, 0.1) is 0 Å². The van der Waals surface area contributed by atoms with Crippen LogP contribution in [0.2, 0.25) is 0 Å². The molecule has 10 heavy (non-hydrogen) atoms. The van der Waals surface area contributed by atoms with Crippen LogP contribution in [-0.4, -0.2) is 13.2 Å². The average Bonchev–Trinajstić information content (AvgIpc) is 2.36. The van der Waals surface area contributed by atoms with Gasteiger partial charge in [0.15, 0.2) is 0 Å². The van der Waals surface area contributed by atoms with Crippen molar-refractivity contribution in [3.63, 3.8) is 0 Å². The van der Waals surface area contributed by atoms with Crippen molar-refractivity contribution in [3.05, 3.63) is 0 Å². The number of hydrogen-bond donors (Lipinski definition) is 0. The molecule has 0 radical (unpaired) electrons. The van der Waals surface area contributed by atoms with Crippen molar-refractivity contribution < 1.29 is 4.74 Å². The summed E-state index contributed by atoms with van der Waals surface area (Å²) < 4.78 is 5.33. The smallest absolute Gasteiger partial charge is 0.0497 e. The summed E-state index contributed by atoms with van der Waals surface area (Å²) in [7, 11) is 0. The van der Waals surface area contributed by atoms with Crippen molar-refractivity contribution in [1.82, 2.24) is 0 Å². The summed E-state index contributed by atoms with van der Waals surface area (Å²) in [6.45, 7) is 8.91. The van der Waals surface area contributed by atoms with E-state index in [0.29, 0.717) is 0 Å². The molecule has 1 aliphatic rings. The summed E-state index contributed by atoms with van der Waals surface area (Å²) >= 11 is 0. The fraction of sp³-hybridized carbons (Fsp3) is 1.00. The highest BCUT2D eigenvalue weighted by molar-refractivity contribution is 4.72. The lowest BCUT2D eigenvalue weighted by Gasteiger charge is -2.20. The summed E-state index contributed by atoms with van der Waals surface area (Å²) in [5.41, 5.74) is 0. The van der Waals surface area contributed by atoms with Gasteiger partial charge in [-0.2, -0.15) is 0 Å². The van der Waals surface area contributed by atoms with Gasteiger partial charge < -0.3 is 4.74 Å². The van der Waals surface area contributed by atoms with Gasteiger partial charge in [0.2, 0.25) is 0 Å². The zero-order chi connectivity index (χ0) is 7.56. The first-order valence-corrected chi connectivity index (χ1v) is 4.29.